The van der Waals surface area contributed by atoms with Gasteiger partial charge in [0.25, 0.3) is 0 Å². The minimum absolute atomic E-state index is 0.175. The van der Waals surface area contributed by atoms with Gasteiger partial charge in [-0.2, -0.15) is 0 Å². The van der Waals surface area contributed by atoms with Crippen LogP contribution in [0.15, 0.2) is 33.5 Å². The van der Waals surface area contributed by atoms with Crippen LogP contribution in [-0.4, -0.2) is 17.3 Å². The first kappa shape index (κ1) is 12.6. The lowest BCUT2D eigenvalue weighted by Crippen LogP contribution is -2.27. The van der Waals surface area contributed by atoms with E-state index in [0.717, 1.165) is 10.9 Å². The molecule has 4 nitrogen and oxygen atoms in total. The van der Waals surface area contributed by atoms with E-state index in [1.54, 1.807) is 26.0 Å². The molecule has 0 radical (unpaired) electrons. The third-order valence-electron chi connectivity index (χ3n) is 2.51. The molecule has 0 spiro atoms. The van der Waals surface area contributed by atoms with Crippen LogP contribution in [-0.2, 0) is 0 Å². The number of hydrogen-bond acceptors (Lipinski definition) is 4. The second-order valence-electron chi connectivity index (χ2n) is 5.01. The summed E-state index contributed by atoms with van der Waals surface area (Å²) in [4.78, 5) is 11.3. The molecule has 0 unspecified atom stereocenters. The normalized spacial score (nSPS) is 11.8. The highest BCUT2D eigenvalue weighted by molar-refractivity contribution is 5.81. The van der Waals surface area contributed by atoms with E-state index in [1.165, 1.54) is 6.07 Å². The molecular weight excluding hydrogens is 232 g/mol. The van der Waals surface area contributed by atoms with Crippen LogP contribution in [0, 0.1) is 6.92 Å². The summed E-state index contributed by atoms with van der Waals surface area (Å²) >= 11 is 0. The molecule has 2 aromatic rings. The lowest BCUT2D eigenvalue weighted by Gasteiger charge is -2.17. The maximum absolute atomic E-state index is 11.3. The van der Waals surface area contributed by atoms with Gasteiger partial charge in [0, 0.05) is 17.5 Å². The van der Waals surface area contributed by atoms with Gasteiger partial charge in [-0.3, -0.25) is 0 Å². The van der Waals surface area contributed by atoms with Crippen LogP contribution >= 0.6 is 0 Å². The molecule has 0 atom stereocenters. The van der Waals surface area contributed by atoms with Gasteiger partial charge in [-0.15, -0.1) is 0 Å². The fraction of sp³-hybridized carbons (Fsp3) is 0.357. The van der Waals surface area contributed by atoms with Gasteiger partial charge in [0.05, 0.1) is 5.60 Å². The van der Waals surface area contributed by atoms with Crippen molar-refractivity contribution < 1.29 is 14.3 Å². The summed E-state index contributed by atoms with van der Waals surface area (Å²) in [6, 6.07) is 6.75. The Labute approximate surface area is 105 Å². The molecule has 96 valence electrons. The average Bonchev–Trinajstić information content (AvgIpc) is 2.24. The number of ether oxygens (including phenoxy) is 1. The largest absolute Gasteiger partial charge is 0.490 e. The summed E-state index contributed by atoms with van der Waals surface area (Å²) in [6.07, 6.45) is 0. The molecule has 1 N–H and O–H groups in total. The minimum Gasteiger partial charge on any atom is -0.490 e. The highest BCUT2D eigenvalue weighted by Crippen LogP contribution is 2.22. The van der Waals surface area contributed by atoms with Crippen molar-refractivity contribution in [1.82, 2.24) is 0 Å². The second-order valence-corrected chi connectivity index (χ2v) is 5.01. The Bertz CT molecular complexity index is 620. The van der Waals surface area contributed by atoms with E-state index in [9.17, 15) is 9.90 Å². The maximum atomic E-state index is 11.3. The molecule has 0 aliphatic carbocycles. The van der Waals surface area contributed by atoms with E-state index in [4.69, 9.17) is 9.15 Å². The highest BCUT2D eigenvalue weighted by atomic mass is 16.5. The third-order valence-corrected chi connectivity index (χ3v) is 2.51. The van der Waals surface area contributed by atoms with Crippen LogP contribution in [0.4, 0.5) is 0 Å². The first-order valence-electron chi connectivity index (χ1n) is 5.75. The Morgan fingerprint density at radius 3 is 2.72 bits per heavy atom. The molecule has 1 aromatic heterocycles. The predicted octanol–water partition coefficient (Wildman–Crippen LogP) is 2.25. The van der Waals surface area contributed by atoms with Crippen molar-refractivity contribution in [1.29, 1.82) is 0 Å². The van der Waals surface area contributed by atoms with Crippen LogP contribution < -0.4 is 10.4 Å². The van der Waals surface area contributed by atoms with Gasteiger partial charge in [-0.05, 0) is 38.5 Å². The lowest BCUT2D eigenvalue weighted by atomic mass is 10.1. The first-order valence-corrected chi connectivity index (χ1v) is 5.75. The molecule has 0 aliphatic heterocycles. The number of fused-ring (bicyclic) bond motifs is 1. The molecule has 18 heavy (non-hydrogen) atoms. The third kappa shape index (κ3) is 2.90. The molecule has 0 saturated carbocycles. The number of rotatable bonds is 3. The van der Waals surface area contributed by atoms with Crippen LogP contribution in [0.5, 0.6) is 5.75 Å². The molecule has 0 fully saturated rings. The van der Waals surface area contributed by atoms with Gasteiger partial charge in [-0.25, -0.2) is 4.79 Å². The fourth-order valence-corrected chi connectivity index (χ4v) is 1.65. The van der Waals surface area contributed by atoms with Gasteiger partial charge < -0.3 is 14.3 Å². The lowest BCUT2D eigenvalue weighted by molar-refractivity contribution is 0.0285. The summed E-state index contributed by atoms with van der Waals surface area (Å²) in [5.74, 6) is 0.568. The quantitative estimate of drug-likeness (QED) is 0.846. The van der Waals surface area contributed by atoms with Gasteiger partial charge in [-0.1, -0.05) is 0 Å². The van der Waals surface area contributed by atoms with Crippen LogP contribution in [0.2, 0.25) is 0 Å². The van der Waals surface area contributed by atoms with Crippen LogP contribution in [0.25, 0.3) is 11.0 Å². The molecule has 0 aliphatic rings. The second kappa shape index (κ2) is 4.46. The SMILES string of the molecule is Cc1cc(=O)oc2cc(OCC(C)(C)O)ccc12. The topological polar surface area (TPSA) is 59.7 Å². The molecule has 1 aromatic carbocycles. The van der Waals surface area contributed by atoms with E-state index >= 15 is 0 Å². The van der Waals surface area contributed by atoms with Gasteiger partial charge >= 0.3 is 5.63 Å². The summed E-state index contributed by atoms with van der Waals surface area (Å²) in [5, 5.41) is 10.5. The number of hydrogen-bond donors (Lipinski definition) is 1. The van der Waals surface area contributed by atoms with E-state index in [2.05, 4.69) is 0 Å². The molecule has 1 heterocycles. The van der Waals surface area contributed by atoms with Gasteiger partial charge in [0.1, 0.15) is 17.9 Å². The van der Waals surface area contributed by atoms with Crippen molar-refractivity contribution >= 4 is 11.0 Å². The Kier molecular flexibility index (Phi) is 3.13. The number of aryl methyl sites for hydroxylation is 1. The maximum Gasteiger partial charge on any atom is 0.336 e. The highest BCUT2D eigenvalue weighted by Gasteiger charge is 2.13. The Balaban J connectivity index is 2.35. The molecular formula is C14H16O4. The van der Waals surface area contributed by atoms with Crippen LogP contribution in [0.3, 0.4) is 0 Å². The molecule has 2 rings (SSSR count). The number of benzene rings is 1. The first-order chi connectivity index (χ1) is 8.35. The zero-order valence-electron chi connectivity index (χ0n) is 10.7. The summed E-state index contributed by atoms with van der Waals surface area (Å²) in [7, 11) is 0. The Morgan fingerprint density at radius 1 is 1.33 bits per heavy atom. The summed E-state index contributed by atoms with van der Waals surface area (Å²) < 4.78 is 10.6. The van der Waals surface area contributed by atoms with Crippen molar-refractivity contribution in [3.8, 4) is 5.75 Å². The van der Waals surface area contributed by atoms with Gasteiger partial charge in [0.15, 0.2) is 0 Å². The standard InChI is InChI=1S/C14H16O4/c1-9-6-13(15)18-12-7-10(4-5-11(9)12)17-8-14(2,3)16/h4-7,16H,8H2,1-3H3. The number of aliphatic hydroxyl groups is 1. The van der Waals surface area contributed by atoms with Crippen molar-refractivity contribution in [3.05, 3.63) is 40.2 Å². The van der Waals surface area contributed by atoms with Crippen molar-refractivity contribution in [2.45, 2.75) is 26.4 Å². The smallest absolute Gasteiger partial charge is 0.336 e. The predicted molar refractivity (Wildman–Crippen MR) is 69.0 cm³/mol. The molecule has 0 saturated heterocycles. The van der Waals surface area contributed by atoms with Crippen molar-refractivity contribution in [3.63, 3.8) is 0 Å². The summed E-state index contributed by atoms with van der Waals surface area (Å²) in [5.41, 5.74) is 0.0887. The van der Waals surface area contributed by atoms with E-state index in [-0.39, 0.29) is 12.2 Å². The minimum atomic E-state index is -0.900. The van der Waals surface area contributed by atoms with Crippen molar-refractivity contribution in [2.24, 2.45) is 0 Å². The van der Waals surface area contributed by atoms with E-state index in [0.29, 0.717) is 11.3 Å². The van der Waals surface area contributed by atoms with E-state index in [1.807, 2.05) is 13.0 Å². The average molecular weight is 248 g/mol. The Morgan fingerprint density at radius 2 is 2.06 bits per heavy atom. The Hall–Kier alpha value is -1.81. The molecule has 0 bridgehead atoms. The zero-order valence-corrected chi connectivity index (χ0v) is 10.7. The molecule has 0 amide bonds. The zero-order chi connectivity index (χ0) is 13.3. The van der Waals surface area contributed by atoms with Gasteiger partial charge in [0.2, 0.25) is 0 Å². The fourth-order valence-electron chi connectivity index (χ4n) is 1.65. The van der Waals surface area contributed by atoms with Crippen molar-refractivity contribution in [2.75, 3.05) is 6.61 Å². The summed E-state index contributed by atoms with van der Waals surface area (Å²) in [6.45, 7) is 5.36. The van der Waals surface area contributed by atoms with Crippen LogP contribution in [0.1, 0.15) is 19.4 Å². The monoisotopic (exact) mass is 248 g/mol. The molecule has 4 heteroatoms. The van der Waals surface area contributed by atoms with E-state index < -0.39 is 5.60 Å².